The van der Waals surface area contributed by atoms with Gasteiger partial charge >= 0.3 is 12.1 Å². The van der Waals surface area contributed by atoms with E-state index in [-0.39, 0.29) is 35.2 Å². The Morgan fingerprint density at radius 2 is 2.04 bits per heavy atom. The van der Waals surface area contributed by atoms with E-state index >= 15 is 0 Å². The van der Waals surface area contributed by atoms with Crippen LogP contribution in [0.1, 0.15) is 33.1 Å². The van der Waals surface area contributed by atoms with E-state index in [1.54, 1.807) is 6.26 Å². The zero-order valence-electron chi connectivity index (χ0n) is 15.6. The second kappa shape index (κ2) is 6.98. The Balaban J connectivity index is 2.21. The van der Waals surface area contributed by atoms with Crippen LogP contribution in [-0.2, 0) is 18.6 Å². The predicted octanol–water partition coefficient (Wildman–Crippen LogP) is 4.17. The molecule has 0 aromatic heterocycles. The summed E-state index contributed by atoms with van der Waals surface area (Å²) in [5.41, 5.74) is 0.0238. The first kappa shape index (κ1) is 20.9. The fraction of sp³-hybridized carbons (Fsp3) is 0.632. The minimum Gasteiger partial charge on any atom is -0.469 e. The van der Waals surface area contributed by atoms with Gasteiger partial charge in [0, 0.05) is 22.7 Å². The number of allylic oxidation sites excluding steroid dienone is 5. The summed E-state index contributed by atoms with van der Waals surface area (Å²) in [6, 6.07) is 0. The van der Waals surface area contributed by atoms with Crippen molar-refractivity contribution in [3.63, 3.8) is 0 Å². The molecule has 0 N–H and O–H groups in total. The zero-order valence-corrected chi connectivity index (χ0v) is 16.5. The molecule has 1 aliphatic heterocycles. The highest BCUT2D eigenvalue weighted by molar-refractivity contribution is 8.26. The molecular formula is C19H27F3O3S. The zero-order chi connectivity index (χ0) is 19.8. The van der Waals surface area contributed by atoms with Crippen molar-refractivity contribution in [3.8, 4) is 0 Å². The van der Waals surface area contributed by atoms with Gasteiger partial charge in [-0.1, -0.05) is 40.3 Å². The largest absolute Gasteiger partial charge is 0.469 e. The molecule has 1 saturated heterocycles. The van der Waals surface area contributed by atoms with Crippen LogP contribution < -0.4 is 0 Å². The molecule has 0 aromatic rings. The second-order valence-electron chi connectivity index (χ2n) is 7.62. The van der Waals surface area contributed by atoms with Crippen LogP contribution in [0.2, 0.25) is 0 Å². The number of ether oxygens (including phenoxy) is 1. The van der Waals surface area contributed by atoms with Gasteiger partial charge in [-0.3, -0.25) is 9.00 Å². The van der Waals surface area contributed by atoms with Crippen molar-refractivity contribution >= 4 is 15.0 Å². The van der Waals surface area contributed by atoms with E-state index in [2.05, 4.69) is 4.74 Å². The number of carbonyl (C=O) groups excluding carboxylic acids is 1. The van der Waals surface area contributed by atoms with Crippen molar-refractivity contribution in [3.05, 3.63) is 35.5 Å². The summed E-state index contributed by atoms with van der Waals surface area (Å²) in [6.45, 7) is 3.68. The molecule has 3 atom stereocenters. The number of carbonyl (C=O) groups is 1. The van der Waals surface area contributed by atoms with Crippen molar-refractivity contribution in [2.24, 2.45) is 5.92 Å². The molecule has 148 valence electrons. The quantitative estimate of drug-likeness (QED) is 0.521. The van der Waals surface area contributed by atoms with Crippen LogP contribution >= 0.6 is 0 Å². The van der Waals surface area contributed by atoms with Gasteiger partial charge in [-0.05, 0) is 37.5 Å². The predicted molar refractivity (Wildman–Crippen MR) is 98.6 cm³/mol. The molecule has 0 radical (unpaired) electrons. The van der Waals surface area contributed by atoms with Crippen LogP contribution in [0.15, 0.2) is 35.5 Å². The number of hydrogen-bond acceptors (Lipinski definition) is 3. The van der Waals surface area contributed by atoms with Crippen LogP contribution in [0, 0.1) is 5.92 Å². The van der Waals surface area contributed by atoms with E-state index < -0.39 is 20.8 Å². The summed E-state index contributed by atoms with van der Waals surface area (Å²) < 4.78 is 57.5. The SMILES string of the molecule is COC(=O)CCC1CS1(C)(=O)C(C)C1=CC(C)CC=C(C(F)(F)F)C=C1. The first-order valence-corrected chi connectivity index (χ1v) is 11.4. The standard InChI is InChI=1S/C19H27F3O3S/c1-13-5-7-16(19(20,21)22)8-6-15(11-13)14(2)26(4,24)12-17(26)9-10-18(23)25-3/h6-8,11,13-14,17H,5,9-10,12H2,1-4H3. The Kier molecular flexibility index (Phi) is 5.62. The molecule has 1 aliphatic carbocycles. The Morgan fingerprint density at radius 3 is 2.62 bits per heavy atom. The lowest BCUT2D eigenvalue weighted by Crippen LogP contribution is -2.32. The molecule has 7 heteroatoms. The van der Waals surface area contributed by atoms with Crippen molar-refractivity contribution in [2.75, 3.05) is 19.1 Å². The van der Waals surface area contributed by atoms with Gasteiger partial charge in [-0.2, -0.15) is 13.2 Å². The smallest absolute Gasteiger partial charge is 0.416 e. The van der Waals surface area contributed by atoms with E-state index in [0.717, 1.165) is 6.08 Å². The molecule has 0 amide bonds. The van der Waals surface area contributed by atoms with Gasteiger partial charge in [0.1, 0.15) is 0 Å². The third-order valence-electron chi connectivity index (χ3n) is 5.68. The maximum atomic E-state index is 13.7. The fourth-order valence-corrected chi connectivity index (χ4v) is 7.88. The van der Waals surface area contributed by atoms with Gasteiger partial charge in [0.15, 0.2) is 0 Å². The van der Waals surface area contributed by atoms with Crippen LogP contribution in [0.4, 0.5) is 13.2 Å². The van der Waals surface area contributed by atoms with Gasteiger partial charge in [0.25, 0.3) is 0 Å². The van der Waals surface area contributed by atoms with Crippen LogP contribution in [0.5, 0.6) is 0 Å². The van der Waals surface area contributed by atoms with Gasteiger partial charge < -0.3 is 4.74 Å². The van der Waals surface area contributed by atoms with E-state index in [1.165, 1.54) is 19.3 Å². The third kappa shape index (κ3) is 4.30. The number of alkyl halides is 3. The minimum atomic E-state index is -4.39. The molecule has 2 rings (SSSR count). The number of halogens is 3. The lowest BCUT2D eigenvalue weighted by Gasteiger charge is -2.30. The van der Waals surface area contributed by atoms with Crippen molar-refractivity contribution in [1.29, 1.82) is 0 Å². The van der Waals surface area contributed by atoms with Crippen molar-refractivity contribution in [1.82, 2.24) is 0 Å². The average molecular weight is 392 g/mol. The summed E-state index contributed by atoms with van der Waals surface area (Å²) in [6.07, 6.45) is 4.00. The molecule has 0 saturated carbocycles. The Hall–Kier alpha value is -1.37. The maximum Gasteiger partial charge on any atom is 0.416 e. The molecule has 1 heterocycles. The van der Waals surface area contributed by atoms with Crippen molar-refractivity contribution in [2.45, 2.75) is 49.8 Å². The minimum absolute atomic E-state index is 0.0714. The molecule has 0 aromatic carbocycles. The number of esters is 1. The Labute approximate surface area is 152 Å². The Morgan fingerprint density at radius 1 is 1.38 bits per heavy atom. The van der Waals surface area contributed by atoms with Gasteiger partial charge in [0.2, 0.25) is 0 Å². The highest BCUT2D eigenvalue weighted by Crippen LogP contribution is 2.53. The summed E-state index contributed by atoms with van der Waals surface area (Å²) in [5, 5.41) is -0.435. The number of hydrogen-bond donors (Lipinski definition) is 0. The molecule has 0 bridgehead atoms. The summed E-state index contributed by atoms with van der Waals surface area (Å²) >= 11 is 0. The summed E-state index contributed by atoms with van der Waals surface area (Å²) in [7, 11) is -1.71. The average Bonchev–Trinajstić information content (AvgIpc) is 3.11. The lowest BCUT2D eigenvalue weighted by atomic mass is 9.97. The van der Waals surface area contributed by atoms with Gasteiger partial charge in [0.05, 0.1) is 12.7 Å². The van der Waals surface area contributed by atoms with Crippen molar-refractivity contribution < 1.29 is 26.9 Å². The van der Waals surface area contributed by atoms with Crippen LogP contribution in [0.3, 0.4) is 0 Å². The maximum absolute atomic E-state index is 13.7. The molecule has 2 aliphatic rings. The Bertz CT molecular complexity index is 733. The second-order valence-corrected chi connectivity index (χ2v) is 12.7. The van der Waals surface area contributed by atoms with Crippen LogP contribution in [0.25, 0.3) is 0 Å². The first-order chi connectivity index (χ1) is 11.9. The van der Waals surface area contributed by atoms with Crippen LogP contribution in [-0.4, -0.2) is 46.0 Å². The molecule has 0 spiro atoms. The molecule has 26 heavy (non-hydrogen) atoms. The van der Waals surface area contributed by atoms with Gasteiger partial charge in [-0.25, -0.2) is 0 Å². The highest BCUT2D eigenvalue weighted by Gasteiger charge is 2.60. The number of methoxy groups -OCH3 is 1. The topological polar surface area (TPSA) is 43.4 Å². The summed E-state index contributed by atoms with van der Waals surface area (Å²) in [5.74, 6) is 0.104. The van der Waals surface area contributed by atoms with Gasteiger partial charge in [-0.15, -0.1) is 0 Å². The third-order valence-corrected chi connectivity index (χ3v) is 10.9. The first-order valence-electron chi connectivity index (χ1n) is 8.72. The van der Waals surface area contributed by atoms with E-state index in [4.69, 9.17) is 0 Å². The highest BCUT2D eigenvalue weighted by atomic mass is 32.3. The van der Waals surface area contributed by atoms with E-state index in [9.17, 15) is 22.2 Å². The molecule has 3 nitrogen and oxygen atoms in total. The molecule has 1 fully saturated rings. The van der Waals surface area contributed by atoms with E-state index in [1.807, 2.05) is 19.9 Å². The molecule has 3 unspecified atom stereocenters. The molecular weight excluding hydrogens is 365 g/mol. The normalized spacial score (nSPS) is 29.9. The fourth-order valence-electron chi connectivity index (χ4n) is 3.52. The summed E-state index contributed by atoms with van der Waals surface area (Å²) in [4.78, 5) is 11.3. The van der Waals surface area contributed by atoms with E-state index in [0.29, 0.717) is 17.7 Å². The monoisotopic (exact) mass is 392 g/mol. The number of rotatable bonds is 5. The lowest BCUT2D eigenvalue weighted by molar-refractivity contribution is -0.140.